The van der Waals surface area contributed by atoms with Crippen LogP contribution in [0, 0.1) is 12.8 Å². The van der Waals surface area contributed by atoms with Gasteiger partial charge in [0.15, 0.2) is 0 Å². The molecule has 2 rings (SSSR count). The highest BCUT2D eigenvalue weighted by Crippen LogP contribution is 2.20. The van der Waals surface area contributed by atoms with Gasteiger partial charge in [-0.15, -0.1) is 5.10 Å². The van der Waals surface area contributed by atoms with Crippen LogP contribution in [0.1, 0.15) is 32.8 Å². The molecule has 0 aliphatic rings. The largest absolute Gasteiger partial charge is 0.382 e. The first-order chi connectivity index (χ1) is 9.11. The second-order valence-corrected chi connectivity index (χ2v) is 5.07. The van der Waals surface area contributed by atoms with E-state index in [1.165, 1.54) is 6.42 Å². The summed E-state index contributed by atoms with van der Waals surface area (Å²) in [6.07, 6.45) is 2.78. The molecule has 1 aromatic carbocycles. The Balaban J connectivity index is 2.15. The van der Waals surface area contributed by atoms with Crippen molar-refractivity contribution in [2.45, 2.75) is 40.2 Å². The first-order valence-corrected chi connectivity index (χ1v) is 6.72. The number of aromatic nitrogens is 4. The van der Waals surface area contributed by atoms with Crippen LogP contribution < -0.4 is 5.32 Å². The van der Waals surface area contributed by atoms with Gasteiger partial charge in [0.05, 0.1) is 5.69 Å². The summed E-state index contributed by atoms with van der Waals surface area (Å²) >= 11 is 0. The summed E-state index contributed by atoms with van der Waals surface area (Å²) in [5.41, 5.74) is 3.29. The zero-order valence-corrected chi connectivity index (χ0v) is 12.0. The van der Waals surface area contributed by atoms with Crippen LogP contribution in [0.15, 0.2) is 24.5 Å². The minimum absolute atomic E-state index is 0.461. The van der Waals surface area contributed by atoms with Crippen molar-refractivity contribution < 1.29 is 0 Å². The lowest BCUT2D eigenvalue weighted by Gasteiger charge is -2.21. The van der Waals surface area contributed by atoms with E-state index >= 15 is 0 Å². The molecule has 0 amide bonds. The highest BCUT2D eigenvalue weighted by molar-refractivity contribution is 5.53. The summed E-state index contributed by atoms with van der Waals surface area (Å²) < 4.78 is 1.68. The van der Waals surface area contributed by atoms with E-state index in [1.807, 2.05) is 6.07 Å². The fraction of sp³-hybridized carbons (Fsp3) is 0.500. The molecule has 5 nitrogen and oxygen atoms in total. The fourth-order valence-corrected chi connectivity index (χ4v) is 2.03. The van der Waals surface area contributed by atoms with Gasteiger partial charge in [0, 0.05) is 11.7 Å². The molecule has 0 saturated carbocycles. The Labute approximate surface area is 114 Å². The summed E-state index contributed by atoms with van der Waals surface area (Å²) in [6.45, 7) is 8.77. The Hall–Kier alpha value is -1.91. The van der Waals surface area contributed by atoms with Crippen molar-refractivity contribution in [3.63, 3.8) is 0 Å². The minimum Gasteiger partial charge on any atom is -0.382 e. The van der Waals surface area contributed by atoms with Gasteiger partial charge in [-0.25, -0.2) is 4.68 Å². The summed E-state index contributed by atoms with van der Waals surface area (Å²) in [6, 6.07) is 6.71. The maximum atomic E-state index is 3.91. The second kappa shape index (κ2) is 5.82. The molecule has 0 aliphatic heterocycles. The predicted molar refractivity (Wildman–Crippen MR) is 76.4 cm³/mol. The number of hydrogen-bond acceptors (Lipinski definition) is 4. The van der Waals surface area contributed by atoms with Crippen molar-refractivity contribution in [1.29, 1.82) is 0 Å². The highest BCUT2D eigenvalue weighted by atomic mass is 15.5. The first-order valence-electron chi connectivity index (χ1n) is 6.72. The number of hydrogen-bond donors (Lipinski definition) is 1. The molecule has 2 unspecified atom stereocenters. The van der Waals surface area contributed by atoms with Crippen molar-refractivity contribution in [3.8, 4) is 5.69 Å². The first kappa shape index (κ1) is 13.5. The third-order valence-electron chi connectivity index (χ3n) is 3.68. The fourth-order valence-electron chi connectivity index (χ4n) is 2.03. The van der Waals surface area contributed by atoms with Gasteiger partial charge < -0.3 is 5.32 Å². The van der Waals surface area contributed by atoms with Crippen LogP contribution in [0.2, 0.25) is 0 Å². The van der Waals surface area contributed by atoms with Gasteiger partial charge >= 0.3 is 0 Å². The summed E-state index contributed by atoms with van der Waals surface area (Å²) in [4.78, 5) is 0. The third kappa shape index (κ3) is 3.10. The van der Waals surface area contributed by atoms with Gasteiger partial charge in [0.1, 0.15) is 6.33 Å². The molecule has 1 N–H and O–H groups in total. The van der Waals surface area contributed by atoms with Crippen LogP contribution in [-0.4, -0.2) is 26.2 Å². The molecule has 0 bridgehead atoms. The van der Waals surface area contributed by atoms with Crippen molar-refractivity contribution in [1.82, 2.24) is 20.2 Å². The lowest BCUT2D eigenvalue weighted by atomic mass is 10.0. The number of anilines is 1. The maximum absolute atomic E-state index is 3.91. The Bertz CT molecular complexity index is 521. The summed E-state index contributed by atoms with van der Waals surface area (Å²) in [5.74, 6) is 0.652. The monoisotopic (exact) mass is 259 g/mol. The van der Waals surface area contributed by atoms with E-state index in [1.54, 1.807) is 11.0 Å². The van der Waals surface area contributed by atoms with Gasteiger partial charge in [0.25, 0.3) is 0 Å². The molecule has 5 heteroatoms. The van der Waals surface area contributed by atoms with E-state index in [0.29, 0.717) is 12.0 Å². The zero-order valence-electron chi connectivity index (χ0n) is 12.0. The summed E-state index contributed by atoms with van der Waals surface area (Å²) in [5, 5.41) is 14.8. The van der Waals surface area contributed by atoms with E-state index in [4.69, 9.17) is 0 Å². The standard InChI is InChI=1S/C14H21N5/c1-5-10(2)12(4)16-13-6-7-14(11(3)8-13)19-9-15-17-18-19/h6-10,12,16H,5H2,1-4H3. The van der Waals surface area contributed by atoms with Crippen molar-refractivity contribution >= 4 is 5.69 Å². The number of nitrogens with zero attached hydrogens (tertiary/aromatic N) is 4. The third-order valence-corrected chi connectivity index (χ3v) is 3.68. The number of rotatable bonds is 5. The van der Waals surface area contributed by atoms with Gasteiger partial charge in [-0.05, 0) is 54.0 Å². The molecule has 102 valence electrons. The van der Waals surface area contributed by atoms with Crippen LogP contribution in [0.5, 0.6) is 0 Å². The van der Waals surface area contributed by atoms with Gasteiger partial charge in [0.2, 0.25) is 0 Å². The lowest BCUT2D eigenvalue weighted by Crippen LogP contribution is -2.23. The van der Waals surface area contributed by atoms with E-state index in [0.717, 1.165) is 16.9 Å². The molecule has 0 aliphatic carbocycles. The Kier molecular flexibility index (Phi) is 4.14. The normalized spacial score (nSPS) is 14.1. The molecular formula is C14H21N5. The Morgan fingerprint density at radius 3 is 2.68 bits per heavy atom. The number of nitrogens with one attached hydrogen (secondary N) is 1. The molecule has 1 heterocycles. The maximum Gasteiger partial charge on any atom is 0.143 e. The van der Waals surface area contributed by atoms with Crippen molar-refractivity contribution in [2.24, 2.45) is 5.92 Å². The minimum atomic E-state index is 0.461. The quantitative estimate of drug-likeness (QED) is 0.897. The van der Waals surface area contributed by atoms with Crippen LogP contribution in [0.3, 0.4) is 0 Å². The number of aryl methyl sites for hydroxylation is 1. The molecule has 19 heavy (non-hydrogen) atoms. The van der Waals surface area contributed by atoms with Gasteiger partial charge in [-0.1, -0.05) is 20.3 Å². The summed E-state index contributed by atoms with van der Waals surface area (Å²) in [7, 11) is 0. The highest BCUT2D eigenvalue weighted by Gasteiger charge is 2.10. The van der Waals surface area contributed by atoms with Crippen LogP contribution in [-0.2, 0) is 0 Å². The van der Waals surface area contributed by atoms with Crippen molar-refractivity contribution in [2.75, 3.05) is 5.32 Å². The van der Waals surface area contributed by atoms with E-state index in [9.17, 15) is 0 Å². The predicted octanol–water partition coefficient (Wildman–Crippen LogP) is 2.82. The lowest BCUT2D eigenvalue weighted by molar-refractivity contribution is 0.494. The zero-order chi connectivity index (χ0) is 13.8. The van der Waals surface area contributed by atoms with Crippen LogP contribution >= 0.6 is 0 Å². The molecule has 2 aromatic rings. The smallest absolute Gasteiger partial charge is 0.143 e. The molecular weight excluding hydrogens is 238 g/mol. The SMILES string of the molecule is CCC(C)C(C)Nc1ccc(-n2cnnn2)c(C)c1. The van der Waals surface area contributed by atoms with Gasteiger partial charge in [-0.3, -0.25) is 0 Å². The average Bonchev–Trinajstić information content (AvgIpc) is 2.91. The topological polar surface area (TPSA) is 55.6 Å². The number of benzene rings is 1. The molecule has 0 saturated heterocycles. The average molecular weight is 259 g/mol. The molecule has 2 atom stereocenters. The van der Waals surface area contributed by atoms with Crippen molar-refractivity contribution in [3.05, 3.63) is 30.1 Å². The molecule has 0 radical (unpaired) electrons. The van der Waals surface area contributed by atoms with E-state index < -0.39 is 0 Å². The van der Waals surface area contributed by atoms with E-state index in [2.05, 4.69) is 60.7 Å². The van der Waals surface area contributed by atoms with Crippen LogP contribution in [0.4, 0.5) is 5.69 Å². The molecule has 0 spiro atoms. The van der Waals surface area contributed by atoms with Gasteiger partial charge in [-0.2, -0.15) is 0 Å². The second-order valence-electron chi connectivity index (χ2n) is 5.07. The van der Waals surface area contributed by atoms with E-state index in [-0.39, 0.29) is 0 Å². The Morgan fingerprint density at radius 1 is 1.32 bits per heavy atom. The number of tetrazole rings is 1. The molecule has 0 fully saturated rings. The van der Waals surface area contributed by atoms with Crippen LogP contribution in [0.25, 0.3) is 5.69 Å². The molecule has 1 aromatic heterocycles. The Morgan fingerprint density at radius 2 is 2.11 bits per heavy atom.